The number of carbonyl (C=O) groups is 1. The third-order valence-corrected chi connectivity index (χ3v) is 5.83. The van der Waals surface area contributed by atoms with Crippen molar-refractivity contribution in [2.24, 2.45) is 0 Å². The lowest BCUT2D eigenvalue weighted by Crippen LogP contribution is -2.41. The van der Waals surface area contributed by atoms with E-state index in [0.717, 1.165) is 28.9 Å². The van der Waals surface area contributed by atoms with Crippen LogP contribution in [0, 0.1) is 0 Å². The van der Waals surface area contributed by atoms with E-state index in [2.05, 4.69) is 11.6 Å². The maximum absolute atomic E-state index is 13.3. The Bertz CT molecular complexity index is 948. The van der Waals surface area contributed by atoms with Crippen LogP contribution in [0.4, 0.5) is 18.9 Å². The van der Waals surface area contributed by atoms with Gasteiger partial charge in [0.1, 0.15) is 12.4 Å². The minimum Gasteiger partial charge on any atom is -0.489 e. The molecule has 1 aromatic heterocycles. The smallest absolute Gasteiger partial charge is 0.471 e. The molecule has 1 aliphatic carbocycles. The van der Waals surface area contributed by atoms with E-state index in [1.807, 2.05) is 6.07 Å². The van der Waals surface area contributed by atoms with Crippen LogP contribution < -0.4 is 4.90 Å². The number of benzene rings is 1. The first-order valence-electron chi connectivity index (χ1n) is 10.1. The highest BCUT2D eigenvalue weighted by Crippen LogP contribution is 2.34. The highest BCUT2D eigenvalue weighted by atomic mass is 19.4. The molecule has 2 aromatic rings. The molecule has 2 aliphatic rings. The predicted molar refractivity (Wildman–Crippen MR) is 108 cm³/mol. The summed E-state index contributed by atoms with van der Waals surface area (Å²) in [6.45, 7) is 3.73. The van der Waals surface area contributed by atoms with Gasteiger partial charge in [-0.25, -0.2) is 0 Å². The quantitative estimate of drug-likeness (QED) is 0.640. The number of anilines is 1. The van der Waals surface area contributed by atoms with Crippen molar-refractivity contribution >= 4 is 17.4 Å². The van der Waals surface area contributed by atoms with E-state index < -0.39 is 12.1 Å². The summed E-state index contributed by atoms with van der Waals surface area (Å²) >= 11 is 0. The Balaban J connectivity index is 1.59. The molecule has 0 saturated heterocycles. The second kappa shape index (κ2) is 8.13. The number of hydrogen-bond donors (Lipinski definition) is 0. The van der Waals surface area contributed by atoms with Crippen LogP contribution in [-0.4, -0.2) is 17.1 Å². The second-order valence-corrected chi connectivity index (χ2v) is 7.86. The average Bonchev–Trinajstić information content (AvgIpc) is 3.12. The average molecular weight is 416 g/mol. The van der Waals surface area contributed by atoms with Crippen LogP contribution in [0.3, 0.4) is 0 Å². The van der Waals surface area contributed by atoms with E-state index in [0.29, 0.717) is 22.9 Å². The van der Waals surface area contributed by atoms with Gasteiger partial charge in [-0.05, 0) is 48.6 Å². The van der Waals surface area contributed by atoms with Crippen molar-refractivity contribution in [3.63, 3.8) is 0 Å². The van der Waals surface area contributed by atoms with Gasteiger partial charge in [0, 0.05) is 23.0 Å². The number of aromatic nitrogens is 1. The normalized spacial score (nSPS) is 16.8. The van der Waals surface area contributed by atoms with E-state index in [9.17, 15) is 18.0 Å². The first-order chi connectivity index (χ1) is 14.3. The van der Waals surface area contributed by atoms with Gasteiger partial charge in [0.05, 0.1) is 12.2 Å². The SMILES string of the molecule is C=C1OCc2cc(N(Cc3ccc(C4CCCCC4)cn3)C(=O)C(F)(F)F)ccc21. The molecule has 2 heterocycles. The Labute approximate surface area is 173 Å². The van der Waals surface area contributed by atoms with E-state index >= 15 is 0 Å². The van der Waals surface area contributed by atoms with Crippen molar-refractivity contribution in [3.05, 3.63) is 65.5 Å². The summed E-state index contributed by atoms with van der Waals surface area (Å²) in [4.78, 5) is 17.3. The van der Waals surface area contributed by atoms with Crippen LogP contribution in [0.5, 0.6) is 0 Å². The fourth-order valence-corrected chi connectivity index (χ4v) is 4.18. The molecule has 1 aliphatic heterocycles. The summed E-state index contributed by atoms with van der Waals surface area (Å²) in [5, 5.41) is 0. The molecule has 4 nitrogen and oxygen atoms in total. The topological polar surface area (TPSA) is 42.4 Å². The maximum Gasteiger partial charge on any atom is 0.471 e. The predicted octanol–water partition coefficient (Wildman–Crippen LogP) is 5.73. The van der Waals surface area contributed by atoms with Gasteiger partial charge < -0.3 is 4.74 Å². The van der Waals surface area contributed by atoms with Gasteiger partial charge in [-0.2, -0.15) is 13.2 Å². The molecule has 4 rings (SSSR count). The molecular formula is C23H23F3N2O2. The van der Waals surface area contributed by atoms with Gasteiger partial charge >= 0.3 is 12.1 Å². The Hall–Kier alpha value is -2.83. The Morgan fingerprint density at radius 1 is 1.17 bits per heavy atom. The largest absolute Gasteiger partial charge is 0.489 e. The van der Waals surface area contributed by atoms with Crippen LogP contribution in [0.1, 0.15) is 60.4 Å². The van der Waals surface area contributed by atoms with Crippen molar-refractivity contribution < 1.29 is 22.7 Å². The van der Waals surface area contributed by atoms with Crippen molar-refractivity contribution in [1.29, 1.82) is 0 Å². The zero-order valence-electron chi connectivity index (χ0n) is 16.5. The van der Waals surface area contributed by atoms with Crippen LogP contribution in [0.15, 0.2) is 43.1 Å². The number of fused-ring (bicyclic) bond motifs is 1. The minimum absolute atomic E-state index is 0.160. The van der Waals surface area contributed by atoms with Crippen molar-refractivity contribution in [2.75, 3.05) is 4.90 Å². The molecule has 0 radical (unpaired) electrons. The molecule has 1 fully saturated rings. The Morgan fingerprint density at radius 3 is 2.60 bits per heavy atom. The van der Waals surface area contributed by atoms with E-state index in [1.165, 1.54) is 25.3 Å². The maximum atomic E-state index is 13.3. The summed E-state index contributed by atoms with van der Waals surface area (Å²) < 4.78 is 45.2. The zero-order valence-corrected chi connectivity index (χ0v) is 16.5. The molecule has 0 spiro atoms. The van der Waals surface area contributed by atoms with Crippen LogP contribution in [0.2, 0.25) is 0 Å². The van der Waals surface area contributed by atoms with Gasteiger partial charge in [-0.3, -0.25) is 14.7 Å². The first-order valence-corrected chi connectivity index (χ1v) is 10.1. The van der Waals surface area contributed by atoms with Crippen LogP contribution >= 0.6 is 0 Å². The molecule has 158 valence electrons. The first kappa shape index (κ1) is 20.4. The summed E-state index contributed by atoms with van der Waals surface area (Å²) in [5.74, 6) is -0.985. The van der Waals surface area contributed by atoms with Crippen LogP contribution in [-0.2, 0) is 22.7 Å². The van der Waals surface area contributed by atoms with Gasteiger partial charge in [0.15, 0.2) is 0 Å². The number of nitrogens with zero attached hydrogens (tertiary/aromatic N) is 2. The molecule has 1 saturated carbocycles. The van der Waals surface area contributed by atoms with E-state index in [-0.39, 0.29) is 18.8 Å². The number of pyridine rings is 1. The standard InChI is InChI=1S/C23H23F3N2O2/c1-15-21-10-9-20(11-18(21)14-30-15)28(22(29)23(24,25)26)13-19-8-7-17(12-27-19)16-5-3-2-4-6-16/h7-12,16H,1-6,13-14H2. The second-order valence-electron chi connectivity index (χ2n) is 7.86. The summed E-state index contributed by atoms with van der Waals surface area (Å²) in [6.07, 6.45) is 2.60. The molecule has 0 atom stereocenters. The molecule has 1 amide bonds. The monoisotopic (exact) mass is 416 g/mol. The summed E-state index contributed by atoms with van der Waals surface area (Å²) in [7, 11) is 0. The highest BCUT2D eigenvalue weighted by Gasteiger charge is 2.43. The van der Waals surface area contributed by atoms with E-state index in [1.54, 1.807) is 24.4 Å². The molecule has 7 heteroatoms. The molecule has 30 heavy (non-hydrogen) atoms. The van der Waals surface area contributed by atoms with E-state index in [4.69, 9.17) is 4.74 Å². The fraction of sp³-hybridized carbons (Fsp3) is 0.391. The number of rotatable bonds is 4. The van der Waals surface area contributed by atoms with Gasteiger partial charge in [0.25, 0.3) is 0 Å². The number of halogens is 3. The zero-order chi connectivity index (χ0) is 21.3. The van der Waals surface area contributed by atoms with Crippen molar-refractivity contribution in [1.82, 2.24) is 4.98 Å². The highest BCUT2D eigenvalue weighted by molar-refractivity contribution is 5.97. The number of carbonyl (C=O) groups excluding carboxylic acids is 1. The molecule has 0 unspecified atom stereocenters. The Kier molecular flexibility index (Phi) is 5.54. The molecule has 0 bridgehead atoms. The third-order valence-electron chi connectivity index (χ3n) is 5.83. The summed E-state index contributed by atoms with van der Waals surface area (Å²) in [5.41, 5.74) is 3.13. The minimum atomic E-state index is -4.98. The lowest BCUT2D eigenvalue weighted by Gasteiger charge is -2.25. The lowest BCUT2D eigenvalue weighted by atomic mass is 9.85. The number of amides is 1. The summed E-state index contributed by atoms with van der Waals surface area (Å²) in [6, 6.07) is 8.32. The third kappa shape index (κ3) is 4.20. The van der Waals surface area contributed by atoms with Crippen LogP contribution in [0.25, 0.3) is 5.76 Å². The number of hydrogen-bond acceptors (Lipinski definition) is 3. The Morgan fingerprint density at radius 2 is 1.93 bits per heavy atom. The van der Waals surface area contributed by atoms with Crippen molar-refractivity contribution in [2.45, 2.75) is 57.3 Å². The van der Waals surface area contributed by atoms with Gasteiger partial charge in [0.2, 0.25) is 0 Å². The number of ether oxygens (including phenoxy) is 1. The van der Waals surface area contributed by atoms with Crippen molar-refractivity contribution in [3.8, 4) is 0 Å². The lowest BCUT2D eigenvalue weighted by molar-refractivity contribution is -0.170. The molecule has 1 aromatic carbocycles. The molecule has 0 N–H and O–H groups in total. The molecular weight excluding hydrogens is 393 g/mol. The van der Waals surface area contributed by atoms with Gasteiger partial charge in [-0.1, -0.05) is 31.9 Å². The van der Waals surface area contributed by atoms with Gasteiger partial charge in [-0.15, -0.1) is 0 Å². The number of alkyl halides is 3. The fourth-order valence-electron chi connectivity index (χ4n) is 4.18.